The first kappa shape index (κ1) is 19.8. The standard InChI is InChI=1S/C21H24N2O2S2/c1-2-17-12-6-7-14-22(17)19(24)15-23-20(25)18(27-21(23)26)13-8-11-16-9-4-3-5-10-16/h3-5,8-11,13,17H,2,6-7,12,14-15H2,1H3/b11-8+,18-13-/t17-/m0/s1. The Morgan fingerprint density at radius 1 is 1.30 bits per heavy atom. The van der Waals surface area contributed by atoms with Crippen LogP contribution in [-0.4, -0.2) is 45.1 Å². The molecule has 2 saturated heterocycles. The molecule has 0 unspecified atom stereocenters. The van der Waals surface area contributed by atoms with Crippen LogP contribution in [-0.2, 0) is 9.59 Å². The second-order valence-corrected chi connectivity index (χ2v) is 8.38. The smallest absolute Gasteiger partial charge is 0.266 e. The van der Waals surface area contributed by atoms with E-state index < -0.39 is 0 Å². The molecule has 142 valence electrons. The Hall–Kier alpha value is -1.92. The lowest BCUT2D eigenvalue weighted by molar-refractivity contribution is -0.138. The number of amides is 2. The SMILES string of the molecule is CC[C@H]1CCCCN1C(=O)CN1C(=O)/C(=C/C=C/c2ccccc2)SC1=S. The average molecular weight is 401 g/mol. The fourth-order valence-electron chi connectivity index (χ4n) is 3.44. The molecule has 2 aliphatic rings. The summed E-state index contributed by atoms with van der Waals surface area (Å²) in [6.45, 7) is 2.93. The Morgan fingerprint density at radius 3 is 2.81 bits per heavy atom. The molecule has 0 bridgehead atoms. The molecule has 4 nitrogen and oxygen atoms in total. The first-order valence-electron chi connectivity index (χ1n) is 9.36. The van der Waals surface area contributed by atoms with Crippen LogP contribution in [0.2, 0.25) is 0 Å². The minimum atomic E-state index is -0.180. The van der Waals surface area contributed by atoms with Gasteiger partial charge < -0.3 is 4.90 Å². The van der Waals surface area contributed by atoms with E-state index in [2.05, 4.69) is 6.92 Å². The van der Waals surface area contributed by atoms with Gasteiger partial charge in [-0.1, -0.05) is 73.4 Å². The van der Waals surface area contributed by atoms with Crippen LogP contribution in [0.5, 0.6) is 0 Å². The van der Waals surface area contributed by atoms with Crippen molar-refractivity contribution >= 4 is 46.2 Å². The van der Waals surface area contributed by atoms with Gasteiger partial charge in [-0.2, -0.15) is 0 Å². The van der Waals surface area contributed by atoms with Crippen molar-refractivity contribution in [3.05, 3.63) is 53.0 Å². The molecule has 27 heavy (non-hydrogen) atoms. The molecule has 6 heteroatoms. The molecule has 0 spiro atoms. The van der Waals surface area contributed by atoms with Gasteiger partial charge in [0.25, 0.3) is 5.91 Å². The van der Waals surface area contributed by atoms with E-state index in [1.54, 1.807) is 6.08 Å². The predicted octanol–water partition coefficient (Wildman–Crippen LogP) is 4.24. The summed E-state index contributed by atoms with van der Waals surface area (Å²) in [7, 11) is 0. The highest BCUT2D eigenvalue weighted by Gasteiger charge is 2.35. The van der Waals surface area contributed by atoms with E-state index in [1.165, 1.54) is 23.1 Å². The average Bonchev–Trinajstić information content (AvgIpc) is 2.96. The molecular weight excluding hydrogens is 376 g/mol. The van der Waals surface area contributed by atoms with Gasteiger partial charge in [0.15, 0.2) is 0 Å². The molecule has 1 aromatic carbocycles. The minimum Gasteiger partial charge on any atom is -0.338 e. The van der Waals surface area contributed by atoms with E-state index in [0.29, 0.717) is 9.23 Å². The van der Waals surface area contributed by atoms with Crippen LogP contribution in [0.4, 0.5) is 0 Å². The summed E-state index contributed by atoms with van der Waals surface area (Å²) >= 11 is 6.61. The van der Waals surface area contributed by atoms with Crippen LogP contribution in [0.3, 0.4) is 0 Å². The van der Waals surface area contributed by atoms with Crippen LogP contribution in [0.1, 0.15) is 38.2 Å². The second-order valence-electron chi connectivity index (χ2n) is 6.70. The number of thioether (sulfide) groups is 1. The van der Waals surface area contributed by atoms with E-state index >= 15 is 0 Å². The first-order valence-corrected chi connectivity index (χ1v) is 10.6. The Bertz CT molecular complexity index is 774. The first-order chi connectivity index (χ1) is 13.1. The van der Waals surface area contributed by atoms with Crippen molar-refractivity contribution in [1.29, 1.82) is 0 Å². The third kappa shape index (κ3) is 4.87. The molecule has 0 aromatic heterocycles. The van der Waals surface area contributed by atoms with E-state index in [-0.39, 0.29) is 24.4 Å². The van der Waals surface area contributed by atoms with E-state index in [9.17, 15) is 9.59 Å². The minimum absolute atomic E-state index is 0.000993. The number of piperidine rings is 1. The number of allylic oxidation sites excluding steroid dienone is 2. The number of hydrogen-bond donors (Lipinski definition) is 0. The van der Waals surface area contributed by atoms with Gasteiger partial charge in [-0.15, -0.1) is 0 Å². The van der Waals surface area contributed by atoms with Gasteiger partial charge in [-0.05, 0) is 37.3 Å². The molecule has 1 atom stereocenters. The summed E-state index contributed by atoms with van der Waals surface area (Å²) in [6, 6.07) is 10.2. The van der Waals surface area contributed by atoms with Gasteiger partial charge in [-0.25, -0.2) is 0 Å². The van der Waals surface area contributed by atoms with Crippen molar-refractivity contribution < 1.29 is 9.59 Å². The topological polar surface area (TPSA) is 40.6 Å². The summed E-state index contributed by atoms with van der Waals surface area (Å²) in [6.07, 6.45) is 9.76. The largest absolute Gasteiger partial charge is 0.338 e. The fourth-order valence-corrected chi connectivity index (χ4v) is 4.65. The van der Waals surface area contributed by atoms with Crippen molar-refractivity contribution in [2.45, 2.75) is 38.6 Å². The maximum absolute atomic E-state index is 12.7. The third-order valence-corrected chi connectivity index (χ3v) is 6.32. The Kier molecular flexibility index (Phi) is 6.85. The molecule has 2 heterocycles. The van der Waals surface area contributed by atoms with Gasteiger partial charge in [0, 0.05) is 12.6 Å². The zero-order chi connectivity index (χ0) is 19.2. The number of rotatable bonds is 5. The number of benzene rings is 1. The van der Waals surface area contributed by atoms with Gasteiger partial charge in [0.2, 0.25) is 5.91 Å². The van der Waals surface area contributed by atoms with E-state index in [4.69, 9.17) is 12.2 Å². The highest BCUT2D eigenvalue weighted by atomic mass is 32.2. The number of carbonyl (C=O) groups is 2. The zero-order valence-corrected chi connectivity index (χ0v) is 17.1. The van der Waals surface area contributed by atoms with Crippen molar-refractivity contribution in [2.24, 2.45) is 0 Å². The third-order valence-electron chi connectivity index (χ3n) is 4.92. The molecule has 2 fully saturated rings. The number of thiocarbonyl (C=S) groups is 1. The van der Waals surface area contributed by atoms with Crippen LogP contribution >= 0.6 is 24.0 Å². The predicted molar refractivity (Wildman–Crippen MR) is 115 cm³/mol. The molecule has 0 radical (unpaired) electrons. The van der Waals surface area contributed by atoms with Gasteiger partial charge >= 0.3 is 0 Å². The summed E-state index contributed by atoms with van der Waals surface area (Å²) < 4.78 is 0.456. The number of carbonyl (C=O) groups excluding carboxylic acids is 2. The van der Waals surface area contributed by atoms with Crippen molar-refractivity contribution in [3.8, 4) is 0 Å². The lowest BCUT2D eigenvalue weighted by Crippen LogP contribution is -2.48. The lowest BCUT2D eigenvalue weighted by Gasteiger charge is -2.36. The molecule has 2 aliphatic heterocycles. The normalized spacial score (nSPS) is 22.3. The summed E-state index contributed by atoms with van der Waals surface area (Å²) in [4.78, 5) is 29.4. The Balaban J connectivity index is 1.64. The Labute approximate surface area is 170 Å². The van der Waals surface area contributed by atoms with Gasteiger partial charge in [-0.3, -0.25) is 14.5 Å². The molecule has 0 aliphatic carbocycles. The van der Waals surface area contributed by atoms with Crippen LogP contribution < -0.4 is 0 Å². The zero-order valence-electron chi connectivity index (χ0n) is 15.5. The number of hydrogen-bond acceptors (Lipinski definition) is 4. The van der Waals surface area contributed by atoms with Gasteiger partial charge in [0.1, 0.15) is 10.9 Å². The molecule has 1 aromatic rings. The van der Waals surface area contributed by atoms with Crippen LogP contribution in [0, 0.1) is 0 Å². The van der Waals surface area contributed by atoms with Gasteiger partial charge in [0.05, 0.1) is 4.91 Å². The monoisotopic (exact) mass is 400 g/mol. The Morgan fingerprint density at radius 2 is 2.07 bits per heavy atom. The molecule has 3 rings (SSSR count). The van der Waals surface area contributed by atoms with Crippen LogP contribution in [0.25, 0.3) is 6.08 Å². The molecule has 2 amide bonds. The summed E-state index contributed by atoms with van der Waals surface area (Å²) in [5.74, 6) is -0.181. The number of nitrogens with zero attached hydrogens (tertiary/aromatic N) is 2. The fraction of sp³-hybridized carbons (Fsp3) is 0.381. The maximum atomic E-state index is 12.7. The lowest BCUT2D eigenvalue weighted by atomic mass is 10.00. The molecule has 0 N–H and O–H groups in total. The second kappa shape index (κ2) is 9.33. The number of likely N-dealkylation sites (tertiary alicyclic amines) is 1. The van der Waals surface area contributed by atoms with E-state index in [1.807, 2.05) is 47.4 Å². The molecule has 0 saturated carbocycles. The van der Waals surface area contributed by atoms with Crippen molar-refractivity contribution in [3.63, 3.8) is 0 Å². The van der Waals surface area contributed by atoms with E-state index in [0.717, 1.165) is 31.4 Å². The van der Waals surface area contributed by atoms with Crippen LogP contribution in [0.15, 0.2) is 47.4 Å². The van der Waals surface area contributed by atoms with Crippen molar-refractivity contribution in [1.82, 2.24) is 9.80 Å². The highest BCUT2D eigenvalue weighted by molar-refractivity contribution is 8.26. The quantitative estimate of drug-likeness (QED) is 0.548. The molecular formula is C21H24N2O2S2. The van der Waals surface area contributed by atoms with Crippen molar-refractivity contribution in [2.75, 3.05) is 13.1 Å². The summed E-state index contributed by atoms with van der Waals surface area (Å²) in [5.41, 5.74) is 1.06. The summed E-state index contributed by atoms with van der Waals surface area (Å²) in [5, 5.41) is 0. The highest BCUT2D eigenvalue weighted by Crippen LogP contribution is 2.31. The maximum Gasteiger partial charge on any atom is 0.266 e.